The standard InChI is InChI=1S/C28H43NOS2/c1-6-7-8-10-14-24(25-19-20(2)21(3)22(4)23(25)5)15-11-9-12-17-32-27(28(29)30)26-16-13-18-31-26/h13,16,18-19,24,27H,6-12,14-15,17H2,1-5H3,(H2,29,30). The summed E-state index contributed by atoms with van der Waals surface area (Å²) in [5.74, 6) is 1.45. The molecule has 0 aliphatic heterocycles. The Bertz CT molecular complexity index is 828. The van der Waals surface area contributed by atoms with Crippen LogP contribution < -0.4 is 5.73 Å². The molecule has 0 aliphatic carbocycles. The molecule has 0 aliphatic rings. The average Bonchev–Trinajstić information content (AvgIpc) is 3.30. The molecule has 0 spiro atoms. The van der Waals surface area contributed by atoms with E-state index >= 15 is 0 Å². The van der Waals surface area contributed by atoms with E-state index < -0.39 is 0 Å². The molecule has 1 heterocycles. The number of unbranched alkanes of at least 4 members (excludes halogenated alkanes) is 5. The van der Waals surface area contributed by atoms with Crippen molar-refractivity contribution in [2.75, 3.05) is 5.75 Å². The van der Waals surface area contributed by atoms with Crippen molar-refractivity contribution in [3.63, 3.8) is 0 Å². The zero-order chi connectivity index (χ0) is 23.5. The summed E-state index contributed by atoms with van der Waals surface area (Å²) in [6.45, 7) is 11.4. The van der Waals surface area contributed by atoms with Crippen LogP contribution in [0, 0.1) is 27.7 Å². The van der Waals surface area contributed by atoms with Crippen LogP contribution in [0.15, 0.2) is 23.6 Å². The fourth-order valence-corrected chi connectivity index (χ4v) is 6.65. The van der Waals surface area contributed by atoms with Gasteiger partial charge in [0.1, 0.15) is 5.25 Å². The molecule has 2 rings (SSSR count). The van der Waals surface area contributed by atoms with Crippen LogP contribution in [0.4, 0.5) is 0 Å². The van der Waals surface area contributed by atoms with Gasteiger partial charge in [0.2, 0.25) is 5.91 Å². The first-order valence-electron chi connectivity index (χ1n) is 12.4. The summed E-state index contributed by atoms with van der Waals surface area (Å²) in [6, 6.07) is 6.48. The van der Waals surface area contributed by atoms with Gasteiger partial charge < -0.3 is 5.73 Å². The predicted molar refractivity (Wildman–Crippen MR) is 144 cm³/mol. The number of amides is 1. The second-order valence-corrected chi connectivity index (χ2v) is 11.4. The topological polar surface area (TPSA) is 43.1 Å². The van der Waals surface area contributed by atoms with Gasteiger partial charge in [-0.25, -0.2) is 0 Å². The number of thiophene rings is 1. The zero-order valence-electron chi connectivity index (χ0n) is 20.8. The number of carbonyl (C=O) groups is 1. The highest BCUT2D eigenvalue weighted by molar-refractivity contribution is 8.00. The number of benzene rings is 1. The Morgan fingerprint density at radius 1 is 0.969 bits per heavy atom. The van der Waals surface area contributed by atoms with Gasteiger partial charge in [-0.15, -0.1) is 23.1 Å². The summed E-state index contributed by atoms with van der Waals surface area (Å²) in [4.78, 5) is 12.9. The summed E-state index contributed by atoms with van der Waals surface area (Å²) >= 11 is 3.33. The number of nitrogens with two attached hydrogens (primary N) is 1. The van der Waals surface area contributed by atoms with E-state index in [0.29, 0.717) is 5.92 Å². The molecule has 2 unspecified atom stereocenters. The molecule has 0 radical (unpaired) electrons. The Balaban J connectivity index is 1.89. The lowest BCUT2D eigenvalue weighted by molar-refractivity contribution is -0.117. The second kappa shape index (κ2) is 14.1. The lowest BCUT2D eigenvalue weighted by Gasteiger charge is -2.23. The van der Waals surface area contributed by atoms with Gasteiger partial charge in [-0.3, -0.25) is 4.79 Å². The van der Waals surface area contributed by atoms with Crippen LogP contribution in [0.25, 0.3) is 0 Å². The highest BCUT2D eigenvalue weighted by atomic mass is 32.2. The maximum absolute atomic E-state index is 11.8. The van der Waals surface area contributed by atoms with E-state index in [9.17, 15) is 4.79 Å². The SMILES string of the molecule is CCCCCCC(CCCCCSC(C(N)=O)c1cccs1)c1cc(C)c(C)c(C)c1C. The van der Waals surface area contributed by atoms with Crippen LogP contribution >= 0.6 is 23.1 Å². The third kappa shape index (κ3) is 7.95. The lowest BCUT2D eigenvalue weighted by Crippen LogP contribution is -2.18. The Morgan fingerprint density at radius 2 is 1.66 bits per heavy atom. The molecule has 0 saturated heterocycles. The van der Waals surface area contributed by atoms with Crippen molar-refractivity contribution in [1.29, 1.82) is 0 Å². The number of hydrogen-bond donors (Lipinski definition) is 1. The number of primary amides is 1. The normalized spacial score (nSPS) is 13.3. The Kier molecular flexibility index (Phi) is 11.9. The van der Waals surface area contributed by atoms with Crippen molar-refractivity contribution >= 4 is 29.0 Å². The first kappa shape index (κ1) is 27.0. The van der Waals surface area contributed by atoms with Gasteiger partial charge in [0.15, 0.2) is 0 Å². The molecule has 0 bridgehead atoms. The number of rotatable bonds is 15. The van der Waals surface area contributed by atoms with E-state index in [2.05, 4.69) is 40.7 Å². The highest BCUT2D eigenvalue weighted by Gasteiger charge is 2.19. The van der Waals surface area contributed by atoms with Crippen molar-refractivity contribution in [3.8, 4) is 0 Å². The maximum atomic E-state index is 11.8. The van der Waals surface area contributed by atoms with E-state index in [1.54, 1.807) is 28.7 Å². The van der Waals surface area contributed by atoms with Gasteiger partial charge in [-0.05, 0) is 97.9 Å². The molecule has 178 valence electrons. The van der Waals surface area contributed by atoms with E-state index in [1.165, 1.54) is 73.6 Å². The molecule has 0 fully saturated rings. The first-order valence-corrected chi connectivity index (χ1v) is 14.3. The van der Waals surface area contributed by atoms with E-state index in [-0.39, 0.29) is 11.2 Å². The van der Waals surface area contributed by atoms with E-state index in [1.807, 2.05) is 17.5 Å². The van der Waals surface area contributed by atoms with Crippen molar-refractivity contribution in [2.24, 2.45) is 5.73 Å². The fourth-order valence-electron chi connectivity index (χ4n) is 4.56. The lowest BCUT2D eigenvalue weighted by atomic mass is 9.82. The summed E-state index contributed by atoms with van der Waals surface area (Å²) in [6.07, 6.45) is 11.5. The Hall–Kier alpha value is -1.26. The third-order valence-electron chi connectivity index (χ3n) is 6.91. The van der Waals surface area contributed by atoms with Crippen LogP contribution in [0.3, 0.4) is 0 Å². The minimum atomic E-state index is -0.217. The monoisotopic (exact) mass is 473 g/mol. The number of thioether (sulfide) groups is 1. The van der Waals surface area contributed by atoms with Gasteiger partial charge in [-0.1, -0.05) is 57.6 Å². The largest absolute Gasteiger partial charge is 0.368 e. The molecular formula is C28H43NOS2. The minimum Gasteiger partial charge on any atom is -0.368 e. The van der Waals surface area contributed by atoms with Gasteiger partial charge in [0.25, 0.3) is 0 Å². The van der Waals surface area contributed by atoms with Crippen molar-refractivity contribution in [3.05, 3.63) is 56.3 Å². The Labute approximate surface area is 204 Å². The average molecular weight is 474 g/mol. The highest BCUT2D eigenvalue weighted by Crippen LogP contribution is 2.35. The molecule has 4 heteroatoms. The molecule has 1 amide bonds. The molecule has 0 saturated carbocycles. The van der Waals surface area contributed by atoms with E-state index in [0.717, 1.165) is 17.1 Å². The summed E-state index contributed by atoms with van der Waals surface area (Å²) in [5, 5.41) is 1.82. The van der Waals surface area contributed by atoms with Crippen LogP contribution in [-0.2, 0) is 4.79 Å². The van der Waals surface area contributed by atoms with Crippen molar-refractivity contribution in [1.82, 2.24) is 0 Å². The number of hydrogen-bond acceptors (Lipinski definition) is 3. The number of aryl methyl sites for hydroxylation is 1. The van der Waals surface area contributed by atoms with Gasteiger partial charge >= 0.3 is 0 Å². The molecule has 1 aromatic heterocycles. The van der Waals surface area contributed by atoms with Crippen LogP contribution in [0.1, 0.15) is 109 Å². The van der Waals surface area contributed by atoms with Crippen molar-refractivity contribution in [2.45, 2.75) is 104 Å². The van der Waals surface area contributed by atoms with Gasteiger partial charge in [0, 0.05) is 4.88 Å². The molecule has 2 N–H and O–H groups in total. The molecule has 2 atom stereocenters. The predicted octanol–water partition coefficient (Wildman–Crippen LogP) is 8.56. The minimum absolute atomic E-state index is 0.192. The van der Waals surface area contributed by atoms with Crippen LogP contribution in [0.2, 0.25) is 0 Å². The summed E-state index contributed by atoms with van der Waals surface area (Å²) in [5.41, 5.74) is 13.1. The zero-order valence-corrected chi connectivity index (χ0v) is 22.5. The third-order valence-corrected chi connectivity index (χ3v) is 9.34. The van der Waals surface area contributed by atoms with Crippen molar-refractivity contribution < 1.29 is 4.79 Å². The molecule has 2 nitrogen and oxygen atoms in total. The van der Waals surface area contributed by atoms with Crippen LogP contribution in [0.5, 0.6) is 0 Å². The van der Waals surface area contributed by atoms with E-state index in [4.69, 9.17) is 5.73 Å². The summed E-state index contributed by atoms with van der Waals surface area (Å²) < 4.78 is 0. The first-order chi connectivity index (χ1) is 15.4. The Morgan fingerprint density at radius 3 is 2.25 bits per heavy atom. The second-order valence-electron chi connectivity index (χ2n) is 9.22. The molecule has 32 heavy (non-hydrogen) atoms. The molecule has 2 aromatic rings. The molecular weight excluding hydrogens is 430 g/mol. The smallest absolute Gasteiger partial charge is 0.235 e. The van der Waals surface area contributed by atoms with Gasteiger partial charge in [0.05, 0.1) is 0 Å². The number of carbonyl (C=O) groups excluding carboxylic acids is 1. The van der Waals surface area contributed by atoms with Crippen LogP contribution in [-0.4, -0.2) is 11.7 Å². The molecule has 1 aromatic carbocycles. The quantitative estimate of drug-likeness (QED) is 0.263. The fraction of sp³-hybridized carbons (Fsp3) is 0.607. The maximum Gasteiger partial charge on any atom is 0.235 e. The summed E-state index contributed by atoms with van der Waals surface area (Å²) in [7, 11) is 0. The van der Waals surface area contributed by atoms with Gasteiger partial charge in [-0.2, -0.15) is 0 Å².